The summed E-state index contributed by atoms with van der Waals surface area (Å²) in [6, 6.07) is 13.1. The Morgan fingerprint density at radius 1 is 1.03 bits per heavy atom. The SMILES string of the molecule is Cc1ccccc1S(=O)(=O)N1C(c2ccc(Cl)cc2)C(CO/C=C/C(=O)OC(C)(C)C)=CC1C(C)(C)C. The van der Waals surface area contributed by atoms with Crippen molar-refractivity contribution < 1.29 is 22.7 Å². The molecule has 2 unspecified atom stereocenters. The van der Waals surface area contributed by atoms with Crippen LogP contribution in [0.1, 0.15) is 58.7 Å². The summed E-state index contributed by atoms with van der Waals surface area (Å²) in [6.07, 6.45) is 4.48. The van der Waals surface area contributed by atoms with Gasteiger partial charge >= 0.3 is 5.97 Å². The molecule has 0 saturated heterocycles. The van der Waals surface area contributed by atoms with E-state index in [1.54, 1.807) is 62.3 Å². The Kier molecular flexibility index (Phi) is 8.62. The average molecular weight is 546 g/mol. The topological polar surface area (TPSA) is 72.9 Å². The molecule has 0 aromatic heterocycles. The van der Waals surface area contributed by atoms with Crippen molar-refractivity contribution >= 4 is 27.6 Å². The number of esters is 1. The maximum absolute atomic E-state index is 14.2. The van der Waals surface area contributed by atoms with Crippen LogP contribution >= 0.6 is 11.6 Å². The minimum Gasteiger partial charge on any atom is -0.497 e. The highest BCUT2D eigenvalue weighted by Gasteiger charge is 2.48. The first-order valence-corrected chi connectivity index (χ1v) is 14.0. The van der Waals surface area contributed by atoms with Crippen LogP contribution in [0.4, 0.5) is 0 Å². The van der Waals surface area contributed by atoms with Gasteiger partial charge in [0, 0.05) is 11.1 Å². The maximum atomic E-state index is 14.2. The third-order valence-electron chi connectivity index (χ3n) is 5.93. The molecule has 1 aliphatic rings. The molecule has 0 aliphatic carbocycles. The molecular weight excluding hydrogens is 510 g/mol. The first kappa shape index (κ1) is 29.0. The molecule has 0 fully saturated rings. The average Bonchev–Trinajstić information content (AvgIpc) is 3.17. The summed E-state index contributed by atoms with van der Waals surface area (Å²) in [4.78, 5) is 12.3. The largest absolute Gasteiger partial charge is 0.497 e. The van der Waals surface area contributed by atoms with Crippen LogP contribution in [0.2, 0.25) is 5.02 Å². The van der Waals surface area contributed by atoms with Gasteiger partial charge in [-0.1, -0.05) is 68.8 Å². The van der Waals surface area contributed by atoms with Crippen molar-refractivity contribution in [2.75, 3.05) is 6.61 Å². The van der Waals surface area contributed by atoms with Crippen LogP contribution in [0.15, 0.2) is 77.4 Å². The summed E-state index contributed by atoms with van der Waals surface area (Å²) in [5, 5.41) is 0.560. The number of carbonyl (C=O) groups is 1. The standard InChI is InChI=1S/C29H36ClNO5S/c1-20-10-8-9-11-24(20)37(33,34)31-25(28(2,3)4)18-22(27(31)21-12-14-23(30)15-13-21)19-35-17-16-26(32)36-29(5,6)7/h8-18,25,27H,19H2,1-7H3/b17-16+. The lowest BCUT2D eigenvalue weighted by atomic mass is 9.87. The van der Waals surface area contributed by atoms with Crippen LogP contribution < -0.4 is 0 Å². The second-order valence-corrected chi connectivity index (χ2v) is 13.5. The Morgan fingerprint density at radius 2 is 1.65 bits per heavy atom. The molecule has 0 N–H and O–H groups in total. The van der Waals surface area contributed by atoms with Crippen molar-refractivity contribution in [1.29, 1.82) is 0 Å². The van der Waals surface area contributed by atoms with Gasteiger partial charge in [-0.2, -0.15) is 4.31 Å². The zero-order chi connectivity index (χ0) is 27.6. The normalized spacial score (nSPS) is 19.2. The predicted octanol–water partition coefficient (Wildman–Crippen LogP) is 6.61. The number of benzene rings is 2. The molecule has 37 heavy (non-hydrogen) atoms. The van der Waals surface area contributed by atoms with Gasteiger partial charge in [-0.25, -0.2) is 13.2 Å². The Labute approximate surface area is 226 Å². The number of hydrogen-bond acceptors (Lipinski definition) is 5. The van der Waals surface area contributed by atoms with Gasteiger partial charge in [0.2, 0.25) is 10.0 Å². The fraction of sp³-hybridized carbons (Fsp3) is 0.414. The summed E-state index contributed by atoms with van der Waals surface area (Å²) in [5.41, 5.74) is 1.20. The molecule has 2 atom stereocenters. The van der Waals surface area contributed by atoms with Crippen LogP contribution in [0, 0.1) is 12.3 Å². The highest BCUT2D eigenvalue weighted by atomic mass is 35.5. The van der Waals surface area contributed by atoms with Gasteiger partial charge in [-0.15, -0.1) is 0 Å². The molecule has 0 amide bonds. The molecule has 8 heteroatoms. The summed E-state index contributed by atoms with van der Waals surface area (Å²) in [5.74, 6) is -0.515. The van der Waals surface area contributed by atoms with Gasteiger partial charge in [0.1, 0.15) is 12.2 Å². The van der Waals surface area contributed by atoms with Gasteiger partial charge in [0.15, 0.2) is 0 Å². The van der Waals surface area contributed by atoms with E-state index in [-0.39, 0.29) is 11.5 Å². The van der Waals surface area contributed by atoms with E-state index in [0.717, 1.165) is 11.1 Å². The lowest BCUT2D eigenvalue weighted by molar-refractivity contribution is -0.148. The molecule has 6 nitrogen and oxygen atoms in total. The highest BCUT2D eigenvalue weighted by molar-refractivity contribution is 7.89. The smallest absolute Gasteiger partial charge is 0.334 e. The van der Waals surface area contributed by atoms with Crippen molar-refractivity contribution in [3.63, 3.8) is 0 Å². The Morgan fingerprint density at radius 3 is 2.22 bits per heavy atom. The van der Waals surface area contributed by atoms with Crippen molar-refractivity contribution in [1.82, 2.24) is 4.31 Å². The number of rotatable bonds is 7. The predicted molar refractivity (Wildman–Crippen MR) is 147 cm³/mol. The summed E-state index contributed by atoms with van der Waals surface area (Å²) in [7, 11) is -3.91. The Hall–Kier alpha value is -2.61. The van der Waals surface area contributed by atoms with Crippen molar-refractivity contribution in [3.05, 3.63) is 88.7 Å². The summed E-state index contributed by atoms with van der Waals surface area (Å²) < 4.78 is 41.0. The van der Waals surface area contributed by atoms with E-state index in [9.17, 15) is 13.2 Å². The Balaban J connectivity index is 2.03. The van der Waals surface area contributed by atoms with Crippen LogP contribution in [0.5, 0.6) is 0 Å². The number of sulfonamides is 1. The van der Waals surface area contributed by atoms with Gasteiger partial charge in [-0.3, -0.25) is 0 Å². The number of hydrogen-bond donors (Lipinski definition) is 0. The third kappa shape index (κ3) is 7.03. The van der Waals surface area contributed by atoms with Crippen molar-refractivity contribution in [3.8, 4) is 0 Å². The van der Waals surface area contributed by atoms with E-state index in [1.165, 1.54) is 12.3 Å². The Bertz CT molecular complexity index is 1280. The third-order valence-corrected chi connectivity index (χ3v) is 8.19. The molecule has 200 valence electrons. The minimum absolute atomic E-state index is 0.0962. The highest BCUT2D eigenvalue weighted by Crippen LogP contribution is 2.46. The quantitative estimate of drug-likeness (QED) is 0.169. The molecule has 1 aliphatic heterocycles. The number of nitrogens with zero attached hydrogens (tertiary/aromatic N) is 1. The lowest BCUT2D eigenvalue weighted by Crippen LogP contribution is -2.45. The molecule has 0 saturated carbocycles. The second kappa shape index (κ2) is 11.0. The lowest BCUT2D eigenvalue weighted by Gasteiger charge is -2.37. The molecule has 2 aromatic rings. The first-order valence-electron chi connectivity index (χ1n) is 12.2. The van der Waals surface area contributed by atoms with E-state index < -0.39 is 39.1 Å². The maximum Gasteiger partial charge on any atom is 0.334 e. The monoisotopic (exact) mass is 545 g/mol. The molecule has 0 bridgehead atoms. The number of ether oxygens (including phenoxy) is 2. The second-order valence-electron chi connectivity index (χ2n) is 11.3. The zero-order valence-electron chi connectivity index (χ0n) is 22.5. The molecule has 3 rings (SSSR count). The van der Waals surface area contributed by atoms with E-state index in [0.29, 0.717) is 10.6 Å². The summed E-state index contributed by atoms with van der Waals surface area (Å²) in [6.45, 7) is 13.3. The van der Waals surface area contributed by atoms with Crippen LogP contribution in [-0.2, 0) is 24.3 Å². The van der Waals surface area contributed by atoms with Gasteiger partial charge in [0.05, 0.1) is 23.3 Å². The molecule has 0 spiro atoms. The van der Waals surface area contributed by atoms with Crippen LogP contribution in [0.25, 0.3) is 0 Å². The van der Waals surface area contributed by atoms with E-state index in [4.69, 9.17) is 21.1 Å². The van der Waals surface area contributed by atoms with Crippen molar-refractivity contribution in [2.24, 2.45) is 5.41 Å². The fourth-order valence-corrected chi connectivity index (χ4v) is 6.58. The first-order chi connectivity index (χ1) is 17.1. The molecular formula is C29H36ClNO5S. The van der Waals surface area contributed by atoms with Gasteiger partial charge in [-0.05, 0) is 68.0 Å². The zero-order valence-corrected chi connectivity index (χ0v) is 24.1. The number of halogens is 1. The van der Waals surface area contributed by atoms with Crippen LogP contribution in [-0.4, -0.2) is 36.9 Å². The fourth-order valence-electron chi connectivity index (χ4n) is 4.29. The number of aryl methyl sites for hydroxylation is 1. The van der Waals surface area contributed by atoms with Gasteiger partial charge < -0.3 is 9.47 Å². The van der Waals surface area contributed by atoms with E-state index in [2.05, 4.69) is 0 Å². The van der Waals surface area contributed by atoms with Gasteiger partial charge in [0.25, 0.3) is 0 Å². The molecule has 0 radical (unpaired) electrons. The minimum atomic E-state index is -3.91. The summed E-state index contributed by atoms with van der Waals surface area (Å²) >= 11 is 6.15. The molecule has 1 heterocycles. The van der Waals surface area contributed by atoms with Crippen molar-refractivity contribution in [2.45, 2.75) is 71.0 Å². The number of carbonyl (C=O) groups excluding carboxylic acids is 1. The van der Waals surface area contributed by atoms with E-state index >= 15 is 0 Å². The molecule has 2 aromatic carbocycles. The van der Waals surface area contributed by atoms with Crippen LogP contribution in [0.3, 0.4) is 0 Å². The van der Waals surface area contributed by atoms with E-state index in [1.807, 2.05) is 45.0 Å².